The summed E-state index contributed by atoms with van der Waals surface area (Å²) < 4.78 is 29.4. The number of hydroxylamine groups is 2. The molecule has 3 aromatic carbocycles. The number of fused-ring (bicyclic) bond motifs is 2. The first-order valence-electron chi connectivity index (χ1n) is 7.38. The molecule has 124 valence electrons. The Morgan fingerprint density at radius 1 is 0.720 bits per heavy atom. The molecule has 0 radical (unpaired) electrons. The monoisotopic (exact) mass is 353 g/mol. The van der Waals surface area contributed by atoms with Crippen LogP contribution in [0.5, 0.6) is 0 Å². The molecule has 0 saturated heterocycles. The third kappa shape index (κ3) is 2.50. The van der Waals surface area contributed by atoms with E-state index >= 15 is 0 Å². The second-order valence-electron chi connectivity index (χ2n) is 5.49. The molecule has 0 saturated carbocycles. The van der Waals surface area contributed by atoms with Gasteiger partial charge in [-0.05, 0) is 35.0 Å². The van der Waals surface area contributed by atoms with Gasteiger partial charge in [0.2, 0.25) is 0 Å². The minimum atomic E-state index is -4.29. The fourth-order valence-electron chi connectivity index (χ4n) is 2.70. The maximum absolute atomic E-state index is 12.5. The van der Waals surface area contributed by atoms with Crippen LogP contribution in [-0.2, 0) is 14.4 Å². The van der Waals surface area contributed by atoms with Crippen LogP contribution in [0.25, 0.3) is 10.8 Å². The molecule has 1 aliphatic heterocycles. The number of imide groups is 1. The third-order valence-electron chi connectivity index (χ3n) is 3.92. The molecule has 3 aromatic rings. The molecular weight excluding hydrogens is 342 g/mol. The van der Waals surface area contributed by atoms with Crippen LogP contribution >= 0.6 is 0 Å². The molecular formula is C18H11NO5S. The molecule has 0 aliphatic carbocycles. The summed E-state index contributed by atoms with van der Waals surface area (Å²) in [4.78, 5) is 24.8. The van der Waals surface area contributed by atoms with Crippen molar-refractivity contribution in [3.63, 3.8) is 0 Å². The summed E-state index contributed by atoms with van der Waals surface area (Å²) in [5.41, 5.74) is 0.235. The molecule has 0 spiro atoms. The van der Waals surface area contributed by atoms with Gasteiger partial charge in [-0.15, -0.1) is 9.35 Å². The van der Waals surface area contributed by atoms with Gasteiger partial charge in [-0.3, -0.25) is 9.59 Å². The molecule has 25 heavy (non-hydrogen) atoms. The van der Waals surface area contributed by atoms with Crippen molar-refractivity contribution in [2.45, 2.75) is 4.90 Å². The molecule has 0 aromatic heterocycles. The second kappa shape index (κ2) is 5.51. The van der Waals surface area contributed by atoms with E-state index in [1.54, 1.807) is 30.3 Å². The van der Waals surface area contributed by atoms with Crippen LogP contribution in [0.1, 0.15) is 20.7 Å². The molecule has 0 N–H and O–H groups in total. The lowest BCUT2D eigenvalue weighted by atomic mass is 10.0. The molecule has 2 amide bonds. The number of hydrogen-bond donors (Lipinski definition) is 0. The summed E-state index contributed by atoms with van der Waals surface area (Å²) in [5.74, 6) is -1.60. The number of carbonyl (C=O) groups is 2. The first kappa shape index (κ1) is 15.5. The van der Waals surface area contributed by atoms with Gasteiger partial charge in [0.25, 0.3) is 11.8 Å². The predicted octanol–water partition coefficient (Wildman–Crippen LogP) is 2.76. The van der Waals surface area contributed by atoms with Gasteiger partial charge in [-0.25, -0.2) is 0 Å². The van der Waals surface area contributed by atoms with Crippen molar-refractivity contribution in [1.29, 1.82) is 0 Å². The second-order valence-corrected chi connectivity index (χ2v) is 7.02. The molecule has 7 heteroatoms. The highest BCUT2D eigenvalue weighted by atomic mass is 32.2. The van der Waals surface area contributed by atoms with Gasteiger partial charge >= 0.3 is 10.1 Å². The van der Waals surface area contributed by atoms with Gasteiger partial charge < -0.3 is 0 Å². The van der Waals surface area contributed by atoms with Crippen LogP contribution in [0.15, 0.2) is 71.6 Å². The van der Waals surface area contributed by atoms with Gasteiger partial charge in [0.1, 0.15) is 0 Å². The summed E-state index contributed by atoms with van der Waals surface area (Å²) in [6, 6.07) is 17.7. The normalized spacial score (nSPS) is 14.2. The number of benzene rings is 3. The number of amides is 2. The highest BCUT2D eigenvalue weighted by Gasteiger charge is 2.40. The Bertz CT molecular complexity index is 1070. The van der Waals surface area contributed by atoms with E-state index in [1.165, 1.54) is 24.3 Å². The van der Waals surface area contributed by atoms with Crippen LogP contribution in [0.4, 0.5) is 0 Å². The van der Waals surface area contributed by atoms with Crippen LogP contribution < -0.4 is 0 Å². The van der Waals surface area contributed by atoms with E-state index in [1.807, 2.05) is 12.1 Å². The standard InChI is InChI=1S/C18H11NO5S/c20-17-15-10-12-6-4-5-7-13(12)11-16(15)18(21)19(17)24-25(22,23)14-8-2-1-3-9-14/h1-11H. The fourth-order valence-corrected chi connectivity index (χ4v) is 3.61. The van der Waals surface area contributed by atoms with Crippen LogP contribution in [0, 0.1) is 0 Å². The first-order valence-corrected chi connectivity index (χ1v) is 8.79. The number of rotatable bonds is 3. The topological polar surface area (TPSA) is 80.8 Å². The zero-order valence-electron chi connectivity index (χ0n) is 12.7. The largest absolute Gasteiger partial charge is 0.318 e. The fraction of sp³-hybridized carbons (Fsp3) is 0. The highest BCUT2D eigenvalue weighted by molar-refractivity contribution is 7.86. The highest BCUT2D eigenvalue weighted by Crippen LogP contribution is 2.29. The summed E-state index contributed by atoms with van der Waals surface area (Å²) in [6.45, 7) is 0. The minimum absolute atomic E-state index is 0.118. The van der Waals surface area contributed by atoms with Crippen LogP contribution in [0.3, 0.4) is 0 Å². The van der Waals surface area contributed by atoms with Crippen molar-refractivity contribution in [1.82, 2.24) is 5.06 Å². The predicted molar refractivity (Wildman–Crippen MR) is 89.2 cm³/mol. The Morgan fingerprint density at radius 3 is 1.72 bits per heavy atom. The molecule has 1 aliphatic rings. The summed E-state index contributed by atoms with van der Waals surface area (Å²) in [7, 11) is -4.29. The quantitative estimate of drug-likeness (QED) is 0.676. The van der Waals surface area contributed by atoms with Crippen LogP contribution in [-0.4, -0.2) is 25.3 Å². The average Bonchev–Trinajstić information content (AvgIpc) is 2.85. The van der Waals surface area contributed by atoms with E-state index in [4.69, 9.17) is 4.28 Å². The summed E-state index contributed by atoms with van der Waals surface area (Å²) >= 11 is 0. The number of nitrogens with zero attached hydrogens (tertiary/aromatic N) is 1. The number of carbonyl (C=O) groups excluding carboxylic acids is 2. The van der Waals surface area contributed by atoms with E-state index in [2.05, 4.69) is 0 Å². The average molecular weight is 353 g/mol. The van der Waals surface area contributed by atoms with Crippen molar-refractivity contribution < 1.29 is 22.3 Å². The van der Waals surface area contributed by atoms with Gasteiger partial charge in [0.05, 0.1) is 16.0 Å². The molecule has 4 rings (SSSR count). The zero-order valence-corrected chi connectivity index (χ0v) is 13.6. The van der Waals surface area contributed by atoms with Crippen molar-refractivity contribution in [3.05, 3.63) is 77.9 Å². The SMILES string of the molecule is O=C1c2cc3ccccc3cc2C(=O)N1OS(=O)(=O)c1ccccc1. The maximum Gasteiger partial charge on any atom is 0.318 e. The van der Waals surface area contributed by atoms with Crippen molar-refractivity contribution in [2.75, 3.05) is 0 Å². The Labute approximate surface area is 143 Å². The van der Waals surface area contributed by atoms with E-state index < -0.39 is 21.9 Å². The molecule has 0 atom stereocenters. The van der Waals surface area contributed by atoms with Crippen molar-refractivity contribution >= 4 is 32.7 Å². The van der Waals surface area contributed by atoms with E-state index in [0.717, 1.165) is 10.8 Å². The van der Waals surface area contributed by atoms with Gasteiger partial charge in [0.15, 0.2) is 0 Å². The Balaban J connectivity index is 1.74. The van der Waals surface area contributed by atoms with Gasteiger partial charge in [-0.2, -0.15) is 8.42 Å². The van der Waals surface area contributed by atoms with Gasteiger partial charge in [0, 0.05) is 0 Å². The Kier molecular flexibility index (Phi) is 3.41. The summed E-state index contributed by atoms with van der Waals surface area (Å²) in [6.07, 6.45) is 0. The lowest BCUT2D eigenvalue weighted by Gasteiger charge is -2.12. The maximum atomic E-state index is 12.5. The molecule has 0 unspecified atom stereocenters. The molecule has 1 heterocycles. The third-order valence-corrected chi connectivity index (χ3v) is 5.11. The lowest BCUT2D eigenvalue weighted by molar-refractivity contribution is -0.0103. The smallest absolute Gasteiger partial charge is 0.266 e. The van der Waals surface area contributed by atoms with Crippen LogP contribution in [0.2, 0.25) is 0 Å². The van der Waals surface area contributed by atoms with E-state index in [0.29, 0.717) is 5.06 Å². The lowest BCUT2D eigenvalue weighted by Crippen LogP contribution is -2.32. The van der Waals surface area contributed by atoms with Gasteiger partial charge in [-0.1, -0.05) is 42.5 Å². The van der Waals surface area contributed by atoms with Crippen molar-refractivity contribution in [2.24, 2.45) is 0 Å². The Hall–Kier alpha value is -3.03. The summed E-state index contributed by atoms with van der Waals surface area (Å²) in [5, 5.41) is 1.84. The molecule has 0 fully saturated rings. The molecule has 6 nitrogen and oxygen atoms in total. The van der Waals surface area contributed by atoms with Crippen molar-refractivity contribution in [3.8, 4) is 0 Å². The number of hydrogen-bond acceptors (Lipinski definition) is 5. The van der Waals surface area contributed by atoms with E-state index in [9.17, 15) is 18.0 Å². The first-order chi connectivity index (χ1) is 12.0. The molecule has 0 bridgehead atoms. The minimum Gasteiger partial charge on any atom is -0.266 e. The van der Waals surface area contributed by atoms with E-state index in [-0.39, 0.29) is 16.0 Å². The zero-order chi connectivity index (χ0) is 17.6. The Morgan fingerprint density at radius 2 is 1.20 bits per heavy atom.